The van der Waals surface area contributed by atoms with Crippen LogP contribution in [0.2, 0.25) is 0 Å². The second kappa shape index (κ2) is 3.61. The first-order valence-electron chi connectivity index (χ1n) is 3.29. The first kappa shape index (κ1) is 7.60. The highest BCUT2D eigenvalue weighted by atomic mass is 16.4. The molecule has 0 spiro atoms. The molecule has 0 saturated carbocycles. The molecule has 57 valence electrons. The quantitative estimate of drug-likeness (QED) is 0.293. The summed E-state index contributed by atoms with van der Waals surface area (Å²) in [5.74, 6) is -0.0174. The van der Waals surface area contributed by atoms with E-state index in [1.165, 1.54) is 0 Å². The molecule has 0 aromatic heterocycles. The number of benzene rings is 1. The minimum Gasteiger partial charge on any atom is -0.409 e. The van der Waals surface area contributed by atoms with Crippen LogP contribution in [0.3, 0.4) is 0 Å². The van der Waals surface area contributed by atoms with E-state index in [1.807, 2.05) is 30.3 Å². The maximum Gasteiger partial charge on any atom is 0.164 e. The van der Waals surface area contributed by atoms with Gasteiger partial charge in [-0.25, -0.2) is 0 Å². The number of hydrogen-bond acceptors (Lipinski definition) is 2. The summed E-state index contributed by atoms with van der Waals surface area (Å²) in [4.78, 5) is 0. The first-order valence-corrected chi connectivity index (χ1v) is 3.29. The number of amidine groups is 1. The Morgan fingerprint density at radius 3 is 2.55 bits per heavy atom. The molecule has 3 nitrogen and oxygen atoms in total. The average molecular weight is 149 g/mol. The Hall–Kier alpha value is -1.51. The van der Waals surface area contributed by atoms with Crippen LogP contribution in [0.25, 0.3) is 0 Å². The van der Waals surface area contributed by atoms with E-state index in [0.717, 1.165) is 5.56 Å². The third-order valence-electron chi connectivity index (χ3n) is 1.34. The SMILES string of the molecule is [NH]/C(Cc1ccccc1)=N\O. The molecule has 0 bridgehead atoms. The summed E-state index contributed by atoms with van der Waals surface area (Å²) in [5, 5.41) is 11.0. The van der Waals surface area contributed by atoms with Gasteiger partial charge in [0.25, 0.3) is 0 Å². The number of rotatable bonds is 2. The molecule has 0 unspecified atom stereocenters. The van der Waals surface area contributed by atoms with Gasteiger partial charge in [-0.2, -0.15) is 0 Å². The molecule has 11 heavy (non-hydrogen) atoms. The number of hydrogen-bond donors (Lipinski definition) is 1. The van der Waals surface area contributed by atoms with Crippen molar-refractivity contribution in [2.45, 2.75) is 6.42 Å². The Morgan fingerprint density at radius 2 is 2.00 bits per heavy atom. The second-order valence-electron chi connectivity index (χ2n) is 2.21. The van der Waals surface area contributed by atoms with Crippen LogP contribution in [0.4, 0.5) is 0 Å². The normalized spacial score (nSPS) is 11.5. The minimum atomic E-state index is -0.0174. The van der Waals surface area contributed by atoms with Gasteiger partial charge < -0.3 is 5.21 Å². The van der Waals surface area contributed by atoms with Crippen LogP contribution in [-0.4, -0.2) is 11.0 Å². The van der Waals surface area contributed by atoms with Crippen molar-refractivity contribution in [3.05, 3.63) is 35.9 Å². The van der Waals surface area contributed by atoms with Gasteiger partial charge in [0.15, 0.2) is 5.84 Å². The first-order chi connectivity index (χ1) is 5.33. The topological polar surface area (TPSA) is 56.4 Å². The van der Waals surface area contributed by atoms with E-state index in [0.29, 0.717) is 6.42 Å². The molecule has 0 atom stereocenters. The van der Waals surface area contributed by atoms with Gasteiger partial charge >= 0.3 is 0 Å². The smallest absolute Gasteiger partial charge is 0.164 e. The van der Waals surface area contributed by atoms with Crippen molar-refractivity contribution in [3.63, 3.8) is 0 Å². The molecule has 1 aromatic rings. The van der Waals surface area contributed by atoms with Crippen molar-refractivity contribution < 1.29 is 5.21 Å². The molecule has 1 aromatic carbocycles. The van der Waals surface area contributed by atoms with E-state index in [2.05, 4.69) is 5.16 Å². The summed E-state index contributed by atoms with van der Waals surface area (Å²) in [7, 11) is 0. The zero-order chi connectivity index (χ0) is 8.10. The Labute approximate surface area is 65.1 Å². The molecule has 0 aliphatic heterocycles. The van der Waals surface area contributed by atoms with Gasteiger partial charge in [0.05, 0.1) is 0 Å². The summed E-state index contributed by atoms with van der Waals surface area (Å²) < 4.78 is 0. The van der Waals surface area contributed by atoms with Gasteiger partial charge in [0, 0.05) is 6.42 Å². The molecule has 0 aliphatic carbocycles. The van der Waals surface area contributed by atoms with Crippen LogP contribution in [0.15, 0.2) is 35.5 Å². The summed E-state index contributed by atoms with van der Waals surface area (Å²) in [5.41, 5.74) is 8.04. The number of nitrogens with one attached hydrogen (secondary N) is 1. The fraction of sp³-hybridized carbons (Fsp3) is 0.125. The molecule has 0 fully saturated rings. The highest BCUT2D eigenvalue weighted by Crippen LogP contribution is 1.98. The fourth-order valence-corrected chi connectivity index (χ4v) is 0.825. The maximum atomic E-state index is 8.20. The minimum absolute atomic E-state index is 0.0174. The van der Waals surface area contributed by atoms with Crippen LogP contribution < -0.4 is 5.73 Å². The van der Waals surface area contributed by atoms with E-state index >= 15 is 0 Å². The van der Waals surface area contributed by atoms with Crippen LogP contribution >= 0.6 is 0 Å². The van der Waals surface area contributed by atoms with E-state index in [1.54, 1.807) is 0 Å². The van der Waals surface area contributed by atoms with Crippen LogP contribution in [0.1, 0.15) is 5.56 Å². The molecule has 0 heterocycles. The standard InChI is InChI=1S/C8H9N2O/c9-8(10-11)6-7-4-2-1-3-5-7/h1-5,9,11H,6H2/b10-8-. The zero-order valence-electron chi connectivity index (χ0n) is 5.99. The Balaban J connectivity index is 2.65. The van der Waals surface area contributed by atoms with E-state index in [9.17, 15) is 0 Å². The molecule has 3 heteroatoms. The number of oxime groups is 1. The predicted molar refractivity (Wildman–Crippen MR) is 42.5 cm³/mol. The summed E-state index contributed by atoms with van der Waals surface area (Å²) in [6, 6.07) is 9.46. The van der Waals surface area contributed by atoms with Crippen LogP contribution in [0.5, 0.6) is 0 Å². The lowest BCUT2D eigenvalue weighted by molar-refractivity contribution is 0.317. The van der Waals surface area contributed by atoms with Gasteiger partial charge in [0.1, 0.15) is 0 Å². The summed E-state index contributed by atoms with van der Waals surface area (Å²) in [6.07, 6.45) is 0.386. The molecule has 1 radical (unpaired) electrons. The molecule has 1 rings (SSSR count). The van der Waals surface area contributed by atoms with Crippen molar-refractivity contribution in [2.24, 2.45) is 5.16 Å². The third-order valence-corrected chi connectivity index (χ3v) is 1.34. The van der Waals surface area contributed by atoms with E-state index in [4.69, 9.17) is 10.9 Å². The molecular weight excluding hydrogens is 140 g/mol. The van der Waals surface area contributed by atoms with Gasteiger partial charge in [-0.3, -0.25) is 5.73 Å². The van der Waals surface area contributed by atoms with Crippen LogP contribution in [-0.2, 0) is 6.42 Å². The maximum absolute atomic E-state index is 8.20. The highest BCUT2D eigenvalue weighted by Gasteiger charge is 1.95. The van der Waals surface area contributed by atoms with Crippen molar-refractivity contribution in [1.29, 1.82) is 0 Å². The van der Waals surface area contributed by atoms with Crippen molar-refractivity contribution >= 4 is 5.84 Å². The molecule has 2 N–H and O–H groups in total. The van der Waals surface area contributed by atoms with Crippen molar-refractivity contribution in [1.82, 2.24) is 5.73 Å². The lowest BCUT2D eigenvalue weighted by Gasteiger charge is -1.95. The van der Waals surface area contributed by atoms with Gasteiger partial charge in [-0.1, -0.05) is 35.5 Å². The third kappa shape index (κ3) is 2.29. The largest absolute Gasteiger partial charge is 0.409 e. The fourth-order valence-electron chi connectivity index (χ4n) is 0.825. The van der Waals surface area contributed by atoms with Crippen molar-refractivity contribution in [3.8, 4) is 0 Å². The van der Waals surface area contributed by atoms with E-state index < -0.39 is 0 Å². The molecule has 0 amide bonds. The Kier molecular flexibility index (Phi) is 2.49. The van der Waals surface area contributed by atoms with Gasteiger partial charge in [-0.05, 0) is 5.56 Å². The summed E-state index contributed by atoms with van der Waals surface area (Å²) in [6.45, 7) is 0. The molecular formula is C8H9N2O. The van der Waals surface area contributed by atoms with E-state index in [-0.39, 0.29) is 5.84 Å². The lowest BCUT2D eigenvalue weighted by Crippen LogP contribution is -2.02. The van der Waals surface area contributed by atoms with Crippen LogP contribution in [0, 0.1) is 0 Å². The molecule has 0 aliphatic rings. The summed E-state index contributed by atoms with van der Waals surface area (Å²) >= 11 is 0. The van der Waals surface area contributed by atoms with Gasteiger partial charge in [-0.15, -0.1) is 0 Å². The Bertz CT molecular complexity index is 244. The Morgan fingerprint density at radius 1 is 1.36 bits per heavy atom. The highest BCUT2D eigenvalue weighted by molar-refractivity contribution is 5.81. The van der Waals surface area contributed by atoms with Crippen molar-refractivity contribution in [2.75, 3.05) is 0 Å². The zero-order valence-corrected chi connectivity index (χ0v) is 5.99. The monoisotopic (exact) mass is 149 g/mol. The molecule has 0 saturated heterocycles. The average Bonchev–Trinajstić information content (AvgIpc) is 2.06. The lowest BCUT2D eigenvalue weighted by atomic mass is 10.1. The number of nitrogens with zero attached hydrogens (tertiary/aromatic N) is 1. The van der Waals surface area contributed by atoms with Gasteiger partial charge in [0.2, 0.25) is 0 Å². The predicted octanol–water partition coefficient (Wildman–Crippen LogP) is 1.30. The second-order valence-corrected chi connectivity index (χ2v) is 2.21.